The van der Waals surface area contributed by atoms with E-state index in [-0.39, 0.29) is 5.91 Å². The SMILES string of the molecule is CCN1CCCC1CN(C)C(=O)C1(C(N)=S)CCCCC1. The van der Waals surface area contributed by atoms with Crippen LogP contribution in [0.15, 0.2) is 0 Å². The molecule has 4 nitrogen and oxygen atoms in total. The zero-order chi connectivity index (χ0) is 15.5. The summed E-state index contributed by atoms with van der Waals surface area (Å²) in [6.45, 7) is 5.21. The summed E-state index contributed by atoms with van der Waals surface area (Å²) in [7, 11) is 1.92. The van der Waals surface area contributed by atoms with Crippen molar-refractivity contribution < 1.29 is 4.79 Å². The predicted octanol–water partition coefficient (Wildman–Crippen LogP) is 2.17. The molecule has 1 saturated carbocycles. The molecule has 0 aromatic carbocycles. The van der Waals surface area contributed by atoms with Gasteiger partial charge in [-0.2, -0.15) is 0 Å². The van der Waals surface area contributed by atoms with Crippen molar-refractivity contribution in [3.8, 4) is 0 Å². The smallest absolute Gasteiger partial charge is 0.235 e. The second-order valence-electron chi connectivity index (χ2n) is 6.62. The Balaban J connectivity index is 2.04. The summed E-state index contributed by atoms with van der Waals surface area (Å²) >= 11 is 5.27. The number of amides is 1. The maximum absolute atomic E-state index is 13.0. The molecule has 2 N–H and O–H groups in total. The first-order chi connectivity index (χ1) is 10.0. The molecule has 1 aliphatic heterocycles. The van der Waals surface area contributed by atoms with Gasteiger partial charge in [0, 0.05) is 19.6 Å². The summed E-state index contributed by atoms with van der Waals surface area (Å²) in [5, 5.41) is 0. The first-order valence-electron chi connectivity index (χ1n) is 8.31. The van der Waals surface area contributed by atoms with Gasteiger partial charge >= 0.3 is 0 Å². The van der Waals surface area contributed by atoms with E-state index in [1.165, 1.54) is 19.3 Å². The highest BCUT2D eigenvalue weighted by Gasteiger charge is 2.44. The molecule has 0 radical (unpaired) electrons. The van der Waals surface area contributed by atoms with E-state index in [9.17, 15) is 4.79 Å². The summed E-state index contributed by atoms with van der Waals surface area (Å²) in [5.41, 5.74) is 5.40. The molecule has 1 aliphatic carbocycles. The van der Waals surface area contributed by atoms with Gasteiger partial charge in [-0.1, -0.05) is 38.4 Å². The van der Waals surface area contributed by atoms with Gasteiger partial charge in [-0.05, 0) is 38.8 Å². The molecule has 1 amide bonds. The molecule has 2 rings (SSSR count). The lowest BCUT2D eigenvalue weighted by atomic mass is 9.73. The summed E-state index contributed by atoms with van der Waals surface area (Å²) < 4.78 is 0. The molecule has 0 bridgehead atoms. The topological polar surface area (TPSA) is 49.6 Å². The van der Waals surface area contributed by atoms with Crippen molar-refractivity contribution in [3.63, 3.8) is 0 Å². The highest BCUT2D eigenvalue weighted by atomic mass is 32.1. The van der Waals surface area contributed by atoms with Gasteiger partial charge in [0.1, 0.15) is 0 Å². The number of rotatable bonds is 5. The maximum atomic E-state index is 13.0. The van der Waals surface area contributed by atoms with Crippen LogP contribution < -0.4 is 5.73 Å². The van der Waals surface area contributed by atoms with E-state index in [0.717, 1.165) is 45.3 Å². The number of likely N-dealkylation sites (tertiary alicyclic amines) is 1. The summed E-state index contributed by atoms with van der Waals surface area (Å²) in [4.78, 5) is 17.7. The van der Waals surface area contributed by atoms with Crippen molar-refractivity contribution >= 4 is 23.1 Å². The third-order valence-electron chi connectivity index (χ3n) is 5.32. The van der Waals surface area contributed by atoms with Gasteiger partial charge in [0.2, 0.25) is 5.91 Å². The van der Waals surface area contributed by atoms with Crippen LogP contribution in [0.2, 0.25) is 0 Å². The molecule has 2 fully saturated rings. The lowest BCUT2D eigenvalue weighted by Gasteiger charge is -2.39. The zero-order valence-electron chi connectivity index (χ0n) is 13.4. The number of hydrogen-bond donors (Lipinski definition) is 1. The fraction of sp³-hybridized carbons (Fsp3) is 0.875. The van der Waals surface area contributed by atoms with Crippen LogP contribution in [-0.4, -0.2) is 53.4 Å². The molecule has 1 atom stereocenters. The van der Waals surface area contributed by atoms with Crippen LogP contribution in [-0.2, 0) is 4.79 Å². The number of likely N-dealkylation sites (N-methyl/N-ethyl adjacent to an activating group) is 2. The highest BCUT2D eigenvalue weighted by molar-refractivity contribution is 7.80. The van der Waals surface area contributed by atoms with Crippen molar-refractivity contribution in [3.05, 3.63) is 0 Å². The molecule has 1 saturated heterocycles. The minimum absolute atomic E-state index is 0.151. The van der Waals surface area contributed by atoms with E-state index in [1.807, 2.05) is 11.9 Å². The van der Waals surface area contributed by atoms with Gasteiger partial charge in [0.05, 0.1) is 10.4 Å². The number of hydrogen-bond acceptors (Lipinski definition) is 3. The van der Waals surface area contributed by atoms with Crippen molar-refractivity contribution in [2.45, 2.75) is 57.9 Å². The molecule has 0 aromatic rings. The third kappa shape index (κ3) is 3.39. The standard InChI is InChI=1S/C16H29N3OS/c1-3-19-11-7-8-13(19)12-18(2)15(20)16(14(17)21)9-5-4-6-10-16/h13H,3-12H2,1-2H3,(H2,17,21). The fourth-order valence-corrected chi connectivity index (χ4v) is 4.30. The molecule has 21 heavy (non-hydrogen) atoms. The summed E-state index contributed by atoms with van der Waals surface area (Å²) in [6, 6.07) is 0.496. The molecule has 1 heterocycles. The second kappa shape index (κ2) is 7.05. The highest BCUT2D eigenvalue weighted by Crippen LogP contribution is 2.38. The van der Waals surface area contributed by atoms with Crippen LogP contribution in [0.1, 0.15) is 51.9 Å². The van der Waals surface area contributed by atoms with E-state index in [2.05, 4.69) is 11.8 Å². The van der Waals surface area contributed by atoms with Gasteiger partial charge in [-0.25, -0.2) is 0 Å². The zero-order valence-corrected chi connectivity index (χ0v) is 14.3. The van der Waals surface area contributed by atoms with Crippen molar-refractivity contribution in [1.29, 1.82) is 0 Å². The van der Waals surface area contributed by atoms with E-state index in [4.69, 9.17) is 18.0 Å². The minimum atomic E-state index is -0.571. The Bertz CT molecular complexity index is 393. The number of nitrogens with two attached hydrogens (primary N) is 1. The van der Waals surface area contributed by atoms with Crippen LogP contribution >= 0.6 is 12.2 Å². The molecule has 2 aliphatic rings. The van der Waals surface area contributed by atoms with Gasteiger partial charge in [-0.15, -0.1) is 0 Å². The summed E-state index contributed by atoms with van der Waals surface area (Å²) in [6.07, 6.45) is 7.38. The van der Waals surface area contributed by atoms with Gasteiger partial charge in [0.15, 0.2) is 0 Å². The largest absolute Gasteiger partial charge is 0.392 e. The van der Waals surface area contributed by atoms with Crippen LogP contribution in [0, 0.1) is 5.41 Å². The molecule has 0 aromatic heterocycles. The van der Waals surface area contributed by atoms with E-state index in [0.29, 0.717) is 11.0 Å². The van der Waals surface area contributed by atoms with E-state index < -0.39 is 5.41 Å². The number of thiocarbonyl (C=S) groups is 1. The van der Waals surface area contributed by atoms with Crippen molar-refractivity contribution in [2.75, 3.05) is 26.7 Å². The second-order valence-corrected chi connectivity index (χ2v) is 7.06. The molecule has 5 heteroatoms. The normalized spacial score (nSPS) is 25.7. The average Bonchev–Trinajstić information content (AvgIpc) is 2.94. The van der Waals surface area contributed by atoms with Crippen LogP contribution in [0.4, 0.5) is 0 Å². The first-order valence-corrected chi connectivity index (χ1v) is 8.71. The van der Waals surface area contributed by atoms with Crippen molar-refractivity contribution in [1.82, 2.24) is 9.80 Å². The maximum Gasteiger partial charge on any atom is 0.235 e. The number of carbonyl (C=O) groups excluding carboxylic acids is 1. The van der Waals surface area contributed by atoms with Crippen molar-refractivity contribution in [2.24, 2.45) is 11.1 Å². The van der Waals surface area contributed by atoms with Gasteiger partial charge in [-0.3, -0.25) is 9.69 Å². The molecule has 0 spiro atoms. The van der Waals surface area contributed by atoms with E-state index >= 15 is 0 Å². The predicted molar refractivity (Wildman–Crippen MR) is 90.2 cm³/mol. The van der Waals surface area contributed by atoms with Gasteiger partial charge < -0.3 is 10.6 Å². The monoisotopic (exact) mass is 311 g/mol. The Kier molecular flexibility index (Phi) is 5.60. The van der Waals surface area contributed by atoms with Crippen LogP contribution in [0.5, 0.6) is 0 Å². The molecular formula is C16H29N3OS. The quantitative estimate of drug-likeness (QED) is 0.791. The Labute approximate surface area is 134 Å². The lowest BCUT2D eigenvalue weighted by Crippen LogP contribution is -2.52. The number of nitrogens with zero attached hydrogens (tertiary/aromatic N) is 2. The fourth-order valence-electron chi connectivity index (χ4n) is 4.00. The van der Waals surface area contributed by atoms with Crippen LogP contribution in [0.25, 0.3) is 0 Å². The minimum Gasteiger partial charge on any atom is -0.392 e. The number of carbonyl (C=O) groups is 1. The Morgan fingerprint density at radius 2 is 2.00 bits per heavy atom. The Hall–Kier alpha value is -0.680. The molecular weight excluding hydrogens is 282 g/mol. The molecule has 1 unspecified atom stereocenters. The lowest BCUT2D eigenvalue weighted by molar-refractivity contribution is -0.139. The van der Waals surface area contributed by atoms with Crippen LogP contribution in [0.3, 0.4) is 0 Å². The molecule has 120 valence electrons. The van der Waals surface area contributed by atoms with E-state index in [1.54, 1.807) is 0 Å². The Morgan fingerprint density at radius 1 is 1.33 bits per heavy atom. The average molecular weight is 311 g/mol. The summed E-state index contributed by atoms with van der Waals surface area (Å²) in [5.74, 6) is 0.151. The van der Waals surface area contributed by atoms with Gasteiger partial charge in [0.25, 0.3) is 0 Å². The first kappa shape index (κ1) is 16.7. The third-order valence-corrected chi connectivity index (χ3v) is 5.72. The Morgan fingerprint density at radius 3 is 2.57 bits per heavy atom.